The van der Waals surface area contributed by atoms with E-state index >= 15 is 0 Å². The third-order valence-electron chi connectivity index (χ3n) is 8.37. The molecule has 51 heavy (non-hydrogen) atoms. The molecule has 2 aromatic rings. The molecular formula is C36H47N3O12. The van der Waals surface area contributed by atoms with Crippen molar-refractivity contribution in [3.05, 3.63) is 82.2 Å². The summed E-state index contributed by atoms with van der Waals surface area (Å²) in [6, 6.07) is 15.8. The van der Waals surface area contributed by atoms with Crippen LogP contribution in [0.2, 0.25) is 0 Å². The monoisotopic (exact) mass is 713 g/mol. The summed E-state index contributed by atoms with van der Waals surface area (Å²) in [6.45, 7) is 4.96. The average Bonchev–Trinajstić information content (AvgIpc) is 3.14. The maximum Gasteiger partial charge on any atom is 0.338 e. The van der Waals surface area contributed by atoms with Gasteiger partial charge in [0.15, 0.2) is 12.4 Å². The molecule has 2 aromatic carbocycles. The Morgan fingerprint density at radius 1 is 0.824 bits per heavy atom. The van der Waals surface area contributed by atoms with E-state index in [1.807, 2.05) is 13.8 Å². The largest absolute Gasteiger partial charge is 0.463 e. The zero-order valence-corrected chi connectivity index (χ0v) is 29.1. The van der Waals surface area contributed by atoms with E-state index in [-0.39, 0.29) is 38.6 Å². The van der Waals surface area contributed by atoms with E-state index in [1.165, 1.54) is 6.92 Å². The molecule has 2 aliphatic rings. The van der Waals surface area contributed by atoms with Crippen molar-refractivity contribution in [2.45, 2.75) is 102 Å². The molecule has 0 amide bonds. The van der Waals surface area contributed by atoms with Crippen LogP contribution in [0.1, 0.15) is 67.2 Å². The number of aliphatic hydroxyl groups excluding tert-OH is 1. The molecule has 0 saturated carbocycles. The lowest BCUT2D eigenvalue weighted by atomic mass is 9.96. The highest BCUT2D eigenvalue weighted by Crippen LogP contribution is 2.33. The summed E-state index contributed by atoms with van der Waals surface area (Å²) >= 11 is 0. The number of rotatable bonds is 18. The zero-order valence-electron chi connectivity index (χ0n) is 29.1. The molecule has 0 aromatic heterocycles. The van der Waals surface area contributed by atoms with Crippen molar-refractivity contribution in [3.8, 4) is 0 Å². The topological polar surface area (TPSA) is 194 Å². The molecule has 4 rings (SSSR count). The lowest BCUT2D eigenvalue weighted by Crippen LogP contribution is -2.64. The molecule has 0 radical (unpaired) electrons. The summed E-state index contributed by atoms with van der Waals surface area (Å²) in [7, 11) is 0. The van der Waals surface area contributed by atoms with Crippen molar-refractivity contribution < 1.29 is 57.4 Å². The van der Waals surface area contributed by atoms with Crippen molar-refractivity contribution in [3.63, 3.8) is 0 Å². The first-order valence-corrected chi connectivity index (χ1v) is 17.3. The Kier molecular flexibility index (Phi) is 16.1. The molecule has 278 valence electrons. The summed E-state index contributed by atoms with van der Waals surface area (Å²) in [6.07, 6.45) is -6.68. The molecule has 2 saturated heterocycles. The van der Waals surface area contributed by atoms with Crippen molar-refractivity contribution in [2.75, 3.05) is 33.0 Å². The Hall–Kier alpha value is -4.08. The number of aliphatic hydroxyl groups is 1. The molecule has 1 N–H and O–H groups in total. The number of azide groups is 1. The van der Waals surface area contributed by atoms with Crippen molar-refractivity contribution in [1.82, 2.24) is 0 Å². The van der Waals surface area contributed by atoms with Gasteiger partial charge in [0.25, 0.3) is 0 Å². The highest BCUT2D eigenvalue weighted by Gasteiger charge is 2.53. The van der Waals surface area contributed by atoms with Gasteiger partial charge in [0.1, 0.15) is 43.7 Å². The first-order valence-electron chi connectivity index (χ1n) is 17.3. The molecule has 0 bridgehead atoms. The smallest absolute Gasteiger partial charge is 0.338 e. The fraction of sp³-hybridized carbons (Fsp3) is 0.583. The van der Waals surface area contributed by atoms with E-state index in [1.54, 1.807) is 60.7 Å². The average molecular weight is 714 g/mol. The molecule has 9 atom stereocenters. The second-order valence-electron chi connectivity index (χ2n) is 12.2. The van der Waals surface area contributed by atoms with Crippen LogP contribution in [0, 0.1) is 0 Å². The number of nitrogens with zero attached hydrogens (tertiary/aromatic N) is 3. The van der Waals surface area contributed by atoms with Gasteiger partial charge in [-0.25, -0.2) is 9.59 Å². The minimum atomic E-state index is -1.46. The number of carbonyl (C=O) groups is 3. The van der Waals surface area contributed by atoms with Gasteiger partial charge in [0.2, 0.25) is 0 Å². The number of benzene rings is 2. The van der Waals surface area contributed by atoms with Crippen LogP contribution in [-0.2, 0) is 42.7 Å². The van der Waals surface area contributed by atoms with Crippen LogP contribution in [0.25, 0.3) is 10.4 Å². The van der Waals surface area contributed by atoms with E-state index in [0.717, 1.165) is 12.8 Å². The van der Waals surface area contributed by atoms with Crippen LogP contribution in [0.3, 0.4) is 0 Å². The van der Waals surface area contributed by atoms with Gasteiger partial charge in [-0.2, -0.15) is 0 Å². The van der Waals surface area contributed by atoms with Crippen LogP contribution < -0.4 is 0 Å². The van der Waals surface area contributed by atoms with Crippen LogP contribution in [0.15, 0.2) is 65.8 Å². The summed E-state index contributed by atoms with van der Waals surface area (Å²) in [5, 5.41) is 15.4. The maximum absolute atomic E-state index is 13.5. The number of hydrogen-bond acceptors (Lipinski definition) is 13. The van der Waals surface area contributed by atoms with Gasteiger partial charge in [-0.1, -0.05) is 68.2 Å². The number of unbranched alkanes of at least 4 members (excludes halogenated alkanes) is 2. The minimum absolute atomic E-state index is 0.0667. The fourth-order valence-corrected chi connectivity index (χ4v) is 5.64. The second kappa shape index (κ2) is 20.7. The van der Waals surface area contributed by atoms with E-state index in [4.69, 9.17) is 37.9 Å². The van der Waals surface area contributed by atoms with Gasteiger partial charge in [-0.3, -0.25) is 4.79 Å². The predicted octanol–water partition coefficient (Wildman–Crippen LogP) is 4.55. The predicted molar refractivity (Wildman–Crippen MR) is 181 cm³/mol. The SMILES string of the molecule is CCCCOC1C(OC(=O)c2ccccc2)[C@H](OC2C(COC(=O)c3ccccc3)OCC(N=[N+]=[N-])[C@H]2OCCCC)OC(COC(C)=O)[C@H]1O. The number of carbonyl (C=O) groups excluding carboxylic acids is 3. The molecule has 2 aliphatic heterocycles. The Labute approximate surface area is 297 Å². The standard InChI is InChI=1S/C36H47N3O12/c1-4-6-18-44-30-26(38-39-37)20-47-28(22-48-34(42)24-14-10-8-11-15-24)31(30)51-36-33(50-35(43)25-16-12-9-13-17-25)32(45-19-7-5-2)29(41)27(49-36)21-46-23(3)40/h8-17,26-33,36,41H,4-7,18-22H2,1-3H3/t26?,27?,28?,29-,30-,31?,32?,33?,36+/m1/s1. The fourth-order valence-electron chi connectivity index (χ4n) is 5.64. The van der Waals surface area contributed by atoms with Gasteiger partial charge in [-0.05, 0) is 42.6 Å². The zero-order chi connectivity index (χ0) is 36.6. The summed E-state index contributed by atoms with van der Waals surface area (Å²) < 4.78 is 48.2. The molecule has 0 spiro atoms. The van der Waals surface area contributed by atoms with E-state index in [0.29, 0.717) is 18.4 Å². The first-order chi connectivity index (χ1) is 24.8. The number of ether oxygens (including phenoxy) is 8. The Morgan fingerprint density at radius 3 is 2.00 bits per heavy atom. The molecule has 2 heterocycles. The number of esters is 3. The van der Waals surface area contributed by atoms with Gasteiger partial charge in [0.05, 0.1) is 29.9 Å². The van der Waals surface area contributed by atoms with Crippen LogP contribution in [0.5, 0.6) is 0 Å². The van der Waals surface area contributed by atoms with Crippen molar-refractivity contribution >= 4 is 17.9 Å². The first kappa shape index (κ1) is 39.7. The van der Waals surface area contributed by atoms with Crippen molar-refractivity contribution in [2.24, 2.45) is 5.11 Å². The molecule has 0 aliphatic carbocycles. The van der Waals surface area contributed by atoms with E-state index < -0.39 is 73.0 Å². The molecule has 15 heteroatoms. The molecule has 6 unspecified atom stereocenters. The molecule has 2 fully saturated rings. The Bertz CT molecular complexity index is 1430. The molecular weight excluding hydrogens is 666 g/mol. The van der Waals surface area contributed by atoms with Gasteiger partial charge < -0.3 is 43.0 Å². The highest BCUT2D eigenvalue weighted by molar-refractivity contribution is 5.89. The maximum atomic E-state index is 13.5. The number of hydrogen-bond donors (Lipinski definition) is 1. The Morgan fingerprint density at radius 2 is 1.41 bits per heavy atom. The van der Waals surface area contributed by atoms with Gasteiger partial charge in [-0.15, -0.1) is 0 Å². The van der Waals surface area contributed by atoms with Crippen LogP contribution in [0.4, 0.5) is 0 Å². The van der Waals surface area contributed by atoms with E-state index in [9.17, 15) is 25.0 Å². The summed E-state index contributed by atoms with van der Waals surface area (Å²) in [5.74, 6) is -1.94. The Balaban J connectivity index is 1.72. The minimum Gasteiger partial charge on any atom is -0.463 e. The normalized spacial score (nSPS) is 27.5. The van der Waals surface area contributed by atoms with Gasteiger partial charge in [0, 0.05) is 25.0 Å². The third kappa shape index (κ3) is 11.5. The molecule has 15 nitrogen and oxygen atoms in total. The van der Waals surface area contributed by atoms with Crippen molar-refractivity contribution in [1.29, 1.82) is 0 Å². The lowest BCUT2D eigenvalue weighted by Gasteiger charge is -2.47. The highest BCUT2D eigenvalue weighted by atomic mass is 16.7. The van der Waals surface area contributed by atoms with Crippen LogP contribution in [-0.4, -0.2) is 111 Å². The van der Waals surface area contributed by atoms with Crippen LogP contribution >= 0.6 is 0 Å². The third-order valence-corrected chi connectivity index (χ3v) is 8.37. The summed E-state index contributed by atoms with van der Waals surface area (Å²) in [4.78, 5) is 41.2. The lowest BCUT2D eigenvalue weighted by molar-refractivity contribution is -0.337. The second-order valence-corrected chi connectivity index (χ2v) is 12.2. The summed E-state index contributed by atoms with van der Waals surface area (Å²) in [5.41, 5.74) is 9.97. The quantitative estimate of drug-likeness (QED) is 0.0566. The van der Waals surface area contributed by atoms with Gasteiger partial charge >= 0.3 is 17.9 Å². The van der Waals surface area contributed by atoms with E-state index in [2.05, 4.69) is 10.0 Å².